The van der Waals surface area contributed by atoms with Crippen LogP contribution in [-0.2, 0) is 6.42 Å². The van der Waals surface area contributed by atoms with Crippen LogP contribution in [0.3, 0.4) is 0 Å². The van der Waals surface area contributed by atoms with Crippen molar-refractivity contribution >= 4 is 11.4 Å². The zero-order valence-corrected chi connectivity index (χ0v) is 12.3. The molecule has 3 N–H and O–H groups in total. The molecule has 0 bridgehead atoms. The zero-order chi connectivity index (χ0) is 15.2. The number of aromatic nitrogens is 1. The van der Waals surface area contributed by atoms with Crippen LogP contribution < -0.4 is 15.8 Å². The van der Waals surface area contributed by atoms with E-state index in [0.717, 1.165) is 6.42 Å². The van der Waals surface area contributed by atoms with Gasteiger partial charge in [0.15, 0.2) is 11.6 Å². The first-order valence-corrected chi connectivity index (χ1v) is 6.94. The van der Waals surface area contributed by atoms with Gasteiger partial charge in [-0.15, -0.1) is 0 Å². The van der Waals surface area contributed by atoms with Gasteiger partial charge in [0, 0.05) is 31.1 Å². The summed E-state index contributed by atoms with van der Waals surface area (Å²) in [5.41, 5.74) is 8.07. The maximum Gasteiger partial charge on any atom is 0.167 e. The second-order valence-electron chi connectivity index (χ2n) is 5.07. The Morgan fingerprint density at radius 2 is 2.00 bits per heavy atom. The Morgan fingerprint density at radius 1 is 1.29 bits per heavy atom. The topological polar surface area (TPSA) is 60.2 Å². The zero-order valence-electron chi connectivity index (χ0n) is 12.3. The maximum absolute atomic E-state index is 13.7. The van der Waals surface area contributed by atoms with Crippen molar-refractivity contribution in [2.75, 3.05) is 17.6 Å². The van der Waals surface area contributed by atoms with Gasteiger partial charge in [0.25, 0.3) is 0 Å². The molecule has 0 unspecified atom stereocenters. The molecule has 5 heteroatoms. The lowest BCUT2D eigenvalue weighted by molar-refractivity contribution is 0.231. The van der Waals surface area contributed by atoms with Crippen molar-refractivity contribution in [3.63, 3.8) is 0 Å². The lowest BCUT2D eigenvalue weighted by Gasteiger charge is -2.15. The van der Waals surface area contributed by atoms with Crippen molar-refractivity contribution in [2.24, 2.45) is 0 Å². The van der Waals surface area contributed by atoms with E-state index < -0.39 is 5.82 Å². The highest BCUT2D eigenvalue weighted by atomic mass is 19.1. The summed E-state index contributed by atoms with van der Waals surface area (Å²) < 4.78 is 19.2. The minimum absolute atomic E-state index is 0.0900. The maximum atomic E-state index is 13.7. The molecule has 2 rings (SSSR count). The molecule has 0 fully saturated rings. The van der Waals surface area contributed by atoms with Crippen molar-refractivity contribution in [1.29, 1.82) is 0 Å². The van der Waals surface area contributed by atoms with Gasteiger partial charge >= 0.3 is 0 Å². The van der Waals surface area contributed by atoms with E-state index in [1.165, 1.54) is 11.6 Å². The minimum atomic E-state index is -0.444. The fourth-order valence-electron chi connectivity index (χ4n) is 1.96. The SMILES string of the molecule is CC(C)Oc1cc(NCCc2ccncc2)c(N)cc1F. The van der Waals surface area contributed by atoms with E-state index in [1.54, 1.807) is 18.5 Å². The van der Waals surface area contributed by atoms with Gasteiger partial charge < -0.3 is 15.8 Å². The molecule has 0 amide bonds. The third kappa shape index (κ3) is 4.34. The summed E-state index contributed by atoms with van der Waals surface area (Å²) >= 11 is 0. The molecule has 112 valence electrons. The molecule has 0 aliphatic heterocycles. The first kappa shape index (κ1) is 15.1. The van der Waals surface area contributed by atoms with Crippen LogP contribution in [0.2, 0.25) is 0 Å². The van der Waals surface area contributed by atoms with Gasteiger partial charge in [-0.3, -0.25) is 4.98 Å². The van der Waals surface area contributed by atoms with Gasteiger partial charge in [-0.2, -0.15) is 0 Å². The first-order valence-electron chi connectivity index (χ1n) is 6.94. The molecule has 1 heterocycles. The van der Waals surface area contributed by atoms with E-state index in [2.05, 4.69) is 10.3 Å². The number of nitrogens with zero attached hydrogens (tertiary/aromatic N) is 1. The molecular formula is C16H20FN3O. The normalized spacial score (nSPS) is 10.7. The van der Waals surface area contributed by atoms with Crippen LogP contribution in [-0.4, -0.2) is 17.6 Å². The van der Waals surface area contributed by atoms with Gasteiger partial charge in [0.05, 0.1) is 17.5 Å². The smallest absolute Gasteiger partial charge is 0.167 e. The van der Waals surface area contributed by atoms with Crippen LogP contribution in [0.25, 0.3) is 0 Å². The third-order valence-corrected chi connectivity index (χ3v) is 2.95. The minimum Gasteiger partial charge on any atom is -0.488 e. The summed E-state index contributed by atoms with van der Waals surface area (Å²) in [5, 5.41) is 3.21. The molecular weight excluding hydrogens is 269 g/mol. The molecule has 0 saturated carbocycles. The summed E-state index contributed by atoms with van der Waals surface area (Å²) in [5.74, 6) is -0.230. The van der Waals surface area contributed by atoms with Crippen LogP contribution in [0.4, 0.5) is 15.8 Å². The number of halogens is 1. The molecule has 1 aromatic carbocycles. The molecule has 4 nitrogen and oxygen atoms in total. The van der Waals surface area contributed by atoms with Crippen molar-refractivity contribution in [2.45, 2.75) is 26.4 Å². The third-order valence-electron chi connectivity index (χ3n) is 2.95. The molecule has 21 heavy (non-hydrogen) atoms. The Morgan fingerprint density at radius 3 is 2.67 bits per heavy atom. The summed E-state index contributed by atoms with van der Waals surface area (Å²) in [6.45, 7) is 4.40. The van der Waals surface area contributed by atoms with E-state index in [4.69, 9.17) is 10.5 Å². The van der Waals surface area contributed by atoms with Crippen molar-refractivity contribution in [1.82, 2.24) is 4.98 Å². The quantitative estimate of drug-likeness (QED) is 0.801. The van der Waals surface area contributed by atoms with Crippen LogP contribution in [0.1, 0.15) is 19.4 Å². The van der Waals surface area contributed by atoms with E-state index >= 15 is 0 Å². The number of benzene rings is 1. The molecule has 0 saturated heterocycles. The van der Waals surface area contributed by atoms with E-state index in [9.17, 15) is 4.39 Å². The lowest BCUT2D eigenvalue weighted by atomic mass is 10.2. The monoisotopic (exact) mass is 289 g/mol. The highest BCUT2D eigenvalue weighted by Crippen LogP contribution is 2.28. The predicted octanol–water partition coefficient (Wildman–Crippen LogP) is 3.24. The van der Waals surface area contributed by atoms with Crippen LogP contribution >= 0.6 is 0 Å². The summed E-state index contributed by atoms with van der Waals surface area (Å²) in [4.78, 5) is 3.98. The number of nitrogens with two attached hydrogens (primary N) is 1. The molecule has 0 radical (unpaired) electrons. The van der Waals surface area contributed by atoms with Crippen molar-refractivity contribution < 1.29 is 9.13 Å². The van der Waals surface area contributed by atoms with Crippen LogP contribution in [0, 0.1) is 5.82 Å². The molecule has 0 atom stereocenters. The van der Waals surface area contributed by atoms with Crippen LogP contribution in [0.5, 0.6) is 5.75 Å². The second kappa shape index (κ2) is 6.92. The molecule has 1 aromatic heterocycles. The fraction of sp³-hybridized carbons (Fsp3) is 0.312. The predicted molar refractivity (Wildman–Crippen MR) is 83.0 cm³/mol. The average molecular weight is 289 g/mol. The molecule has 0 aliphatic rings. The highest BCUT2D eigenvalue weighted by Gasteiger charge is 2.10. The van der Waals surface area contributed by atoms with Gasteiger partial charge in [-0.25, -0.2) is 4.39 Å². The van der Waals surface area contributed by atoms with Gasteiger partial charge in [0.2, 0.25) is 0 Å². The standard InChI is InChI=1S/C16H20FN3O/c1-11(2)21-16-10-15(14(18)9-13(16)17)20-8-5-12-3-6-19-7-4-12/h3-4,6-7,9-11,20H,5,8,18H2,1-2H3. The lowest BCUT2D eigenvalue weighted by Crippen LogP contribution is -2.10. The largest absolute Gasteiger partial charge is 0.488 e. The molecule has 0 aliphatic carbocycles. The number of anilines is 2. The highest BCUT2D eigenvalue weighted by molar-refractivity contribution is 5.68. The van der Waals surface area contributed by atoms with Crippen molar-refractivity contribution in [3.8, 4) is 5.75 Å². The number of nitrogen functional groups attached to an aromatic ring is 1. The van der Waals surface area contributed by atoms with E-state index in [-0.39, 0.29) is 11.9 Å². The second-order valence-corrected chi connectivity index (χ2v) is 5.07. The van der Waals surface area contributed by atoms with E-state index in [0.29, 0.717) is 17.9 Å². The van der Waals surface area contributed by atoms with Gasteiger partial charge in [-0.1, -0.05) is 0 Å². The van der Waals surface area contributed by atoms with Gasteiger partial charge in [0.1, 0.15) is 0 Å². The Balaban J connectivity index is 2.02. The Kier molecular flexibility index (Phi) is 4.98. The summed E-state index contributed by atoms with van der Waals surface area (Å²) in [6, 6.07) is 6.82. The average Bonchev–Trinajstić information content (AvgIpc) is 2.44. The summed E-state index contributed by atoms with van der Waals surface area (Å²) in [7, 11) is 0. The Labute approximate surface area is 124 Å². The van der Waals surface area contributed by atoms with Gasteiger partial charge in [-0.05, 0) is 38.0 Å². The number of ether oxygens (including phenoxy) is 1. The molecule has 2 aromatic rings. The fourth-order valence-corrected chi connectivity index (χ4v) is 1.96. The number of rotatable bonds is 6. The summed E-state index contributed by atoms with van der Waals surface area (Å²) in [6.07, 6.45) is 4.26. The number of nitrogens with one attached hydrogen (secondary N) is 1. The number of pyridine rings is 1. The van der Waals surface area contributed by atoms with E-state index in [1.807, 2.05) is 26.0 Å². The number of hydrogen-bond acceptors (Lipinski definition) is 4. The Bertz CT molecular complexity index is 588. The van der Waals surface area contributed by atoms with Crippen LogP contribution in [0.15, 0.2) is 36.7 Å². The first-order chi connectivity index (χ1) is 10.1. The molecule has 0 spiro atoms. The van der Waals surface area contributed by atoms with Crippen molar-refractivity contribution in [3.05, 3.63) is 48.0 Å². The Hall–Kier alpha value is -2.30. The number of hydrogen-bond donors (Lipinski definition) is 2.